The Morgan fingerprint density at radius 2 is 1.66 bits per heavy atom. The summed E-state index contributed by atoms with van der Waals surface area (Å²) in [7, 11) is 0. The van der Waals surface area contributed by atoms with Gasteiger partial charge in [0.05, 0.1) is 15.9 Å². The van der Waals surface area contributed by atoms with Crippen molar-refractivity contribution in [2.45, 2.75) is 0 Å². The van der Waals surface area contributed by atoms with Crippen LogP contribution in [0.2, 0.25) is 0 Å². The molecule has 6 heteroatoms. The summed E-state index contributed by atoms with van der Waals surface area (Å²) in [6.07, 6.45) is 3.20. The highest BCUT2D eigenvalue weighted by Crippen LogP contribution is 2.34. The average molecular weight is 416 g/mol. The summed E-state index contributed by atoms with van der Waals surface area (Å²) in [5, 5.41) is 6.93. The zero-order valence-electron chi connectivity index (χ0n) is 15.3. The van der Waals surface area contributed by atoms with Crippen LogP contribution in [0.3, 0.4) is 0 Å². The number of fused-ring (bicyclic) bond motifs is 1. The van der Waals surface area contributed by atoms with Crippen LogP contribution in [0, 0.1) is 0 Å². The van der Waals surface area contributed by atoms with Crippen molar-refractivity contribution in [3.05, 3.63) is 90.5 Å². The van der Waals surface area contributed by atoms with Crippen molar-refractivity contribution >= 4 is 56.6 Å². The topological polar surface area (TPSA) is 54.0 Å². The molecule has 1 aromatic heterocycles. The highest BCUT2D eigenvalue weighted by Gasteiger charge is 2.11. The van der Waals surface area contributed by atoms with Gasteiger partial charge >= 0.3 is 0 Å². The molecule has 0 fully saturated rings. The van der Waals surface area contributed by atoms with Crippen LogP contribution in [0.4, 0.5) is 5.69 Å². The molecule has 0 bridgehead atoms. The predicted octanol–water partition coefficient (Wildman–Crippen LogP) is 5.49. The van der Waals surface area contributed by atoms with Gasteiger partial charge in [-0.15, -0.1) is 11.3 Å². The molecule has 0 saturated carbocycles. The number of nitrogens with zero attached hydrogens (tertiary/aromatic N) is 1. The SMILES string of the molecule is O=C(/C=C/c1ccccc1)NC(=S)Nc1ccccc1-c1nc2ccccc2s1. The van der Waals surface area contributed by atoms with Crippen molar-refractivity contribution in [2.24, 2.45) is 0 Å². The number of amides is 1. The third kappa shape index (κ3) is 4.74. The second-order valence-corrected chi connectivity index (χ2v) is 7.66. The van der Waals surface area contributed by atoms with E-state index in [1.54, 1.807) is 17.4 Å². The molecule has 1 amide bonds. The number of para-hydroxylation sites is 2. The van der Waals surface area contributed by atoms with E-state index in [4.69, 9.17) is 17.2 Å². The smallest absolute Gasteiger partial charge is 0.250 e. The van der Waals surface area contributed by atoms with Crippen LogP contribution < -0.4 is 10.6 Å². The number of anilines is 1. The molecule has 0 unspecified atom stereocenters. The van der Waals surface area contributed by atoms with Gasteiger partial charge < -0.3 is 5.32 Å². The number of thiocarbonyl (C=S) groups is 1. The van der Waals surface area contributed by atoms with Gasteiger partial charge in [-0.25, -0.2) is 4.98 Å². The van der Waals surface area contributed by atoms with Gasteiger partial charge in [0.1, 0.15) is 5.01 Å². The van der Waals surface area contributed by atoms with Crippen LogP contribution in [-0.4, -0.2) is 16.0 Å². The van der Waals surface area contributed by atoms with Gasteiger partial charge in [0.15, 0.2) is 5.11 Å². The lowest BCUT2D eigenvalue weighted by Crippen LogP contribution is -2.32. The zero-order chi connectivity index (χ0) is 20.1. The van der Waals surface area contributed by atoms with Crippen LogP contribution in [0.25, 0.3) is 26.9 Å². The fourth-order valence-electron chi connectivity index (χ4n) is 2.81. The molecule has 0 aliphatic carbocycles. The normalized spacial score (nSPS) is 10.9. The van der Waals surface area contributed by atoms with E-state index >= 15 is 0 Å². The van der Waals surface area contributed by atoms with Crippen LogP contribution in [-0.2, 0) is 4.79 Å². The second kappa shape index (κ2) is 8.77. The molecule has 3 aromatic carbocycles. The minimum Gasteiger partial charge on any atom is -0.332 e. The van der Waals surface area contributed by atoms with Crippen molar-refractivity contribution in [3.63, 3.8) is 0 Å². The Balaban J connectivity index is 1.47. The molecule has 4 rings (SSSR count). The summed E-state index contributed by atoms with van der Waals surface area (Å²) in [4.78, 5) is 16.9. The highest BCUT2D eigenvalue weighted by atomic mass is 32.1. The molecule has 29 heavy (non-hydrogen) atoms. The van der Waals surface area contributed by atoms with Crippen molar-refractivity contribution < 1.29 is 4.79 Å². The number of benzene rings is 3. The van der Waals surface area contributed by atoms with E-state index in [-0.39, 0.29) is 11.0 Å². The maximum Gasteiger partial charge on any atom is 0.250 e. The number of carbonyl (C=O) groups is 1. The Bertz CT molecular complexity index is 1170. The lowest BCUT2D eigenvalue weighted by Gasteiger charge is -2.11. The third-order valence-corrected chi connectivity index (χ3v) is 5.44. The number of rotatable bonds is 4. The summed E-state index contributed by atoms with van der Waals surface area (Å²) in [5.41, 5.74) is 3.64. The van der Waals surface area contributed by atoms with Crippen molar-refractivity contribution in [1.82, 2.24) is 10.3 Å². The quantitative estimate of drug-likeness (QED) is 0.342. The molecular weight excluding hydrogens is 398 g/mol. The van der Waals surface area contributed by atoms with Crippen LogP contribution in [0.1, 0.15) is 5.56 Å². The van der Waals surface area contributed by atoms with E-state index in [0.717, 1.165) is 32.0 Å². The van der Waals surface area contributed by atoms with Gasteiger partial charge in [0, 0.05) is 11.6 Å². The van der Waals surface area contributed by atoms with Crippen LogP contribution >= 0.6 is 23.6 Å². The van der Waals surface area contributed by atoms with Gasteiger partial charge in [-0.1, -0.05) is 54.6 Å². The van der Waals surface area contributed by atoms with Gasteiger partial charge in [-0.2, -0.15) is 0 Å². The molecular formula is C23H17N3OS2. The Labute approximate surface area is 177 Å². The van der Waals surface area contributed by atoms with Crippen molar-refractivity contribution in [1.29, 1.82) is 0 Å². The minimum atomic E-state index is -0.288. The predicted molar refractivity (Wildman–Crippen MR) is 125 cm³/mol. The zero-order valence-corrected chi connectivity index (χ0v) is 17.0. The largest absolute Gasteiger partial charge is 0.332 e. The molecule has 0 saturated heterocycles. The summed E-state index contributed by atoms with van der Waals surface area (Å²) in [5.74, 6) is -0.288. The number of carbonyl (C=O) groups excluding carboxylic acids is 1. The fraction of sp³-hybridized carbons (Fsp3) is 0. The molecule has 142 valence electrons. The van der Waals surface area contributed by atoms with E-state index in [9.17, 15) is 4.79 Å². The summed E-state index contributed by atoms with van der Waals surface area (Å²) in [6, 6.07) is 25.4. The molecule has 0 atom stereocenters. The number of thiazole rings is 1. The minimum absolute atomic E-state index is 0.237. The third-order valence-electron chi connectivity index (χ3n) is 4.16. The molecule has 1 heterocycles. The van der Waals surface area contributed by atoms with E-state index in [1.165, 1.54) is 6.08 Å². The van der Waals surface area contributed by atoms with Gasteiger partial charge in [-0.05, 0) is 48.1 Å². The monoisotopic (exact) mass is 415 g/mol. The molecule has 4 nitrogen and oxygen atoms in total. The summed E-state index contributed by atoms with van der Waals surface area (Å²) < 4.78 is 1.12. The molecule has 0 aliphatic rings. The number of nitrogens with one attached hydrogen (secondary N) is 2. The molecule has 0 spiro atoms. The lowest BCUT2D eigenvalue weighted by atomic mass is 10.2. The highest BCUT2D eigenvalue weighted by molar-refractivity contribution is 7.80. The standard InChI is InChI=1S/C23H17N3OS2/c27-21(15-14-16-8-2-1-3-9-16)26-23(28)25-18-11-5-4-10-17(18)22-24-19-12-6-7-13-20(19)29-22/h1-15H,(H2,25,26,27,28)/b15-14+. The first kappa shape index (κ1) is 19.0. The number of hydrogen-bond acceptors (Lipinski definition) is 4. The van der Waals surface area contributed by atoms with Gasteiger partial charge in [-0.3, -0.25) is 10.1 Å². The molecule has 2 N–H and O–H groups in total. The first-order chi connectivity index (χ1) is 14.2. The Hall–Kier alpha value is -3.35. The van der Waals surface area contributed by atoms with E-state index < -0.39 is 0 Å². The summed E-state index contributed by atoms with van der Waals surface area (Å²) >= 11 is 6.94. The fourth-order valence-corrected chi connectivity index (χ4v) is 4.02. The maximum absolute atomic E-state index is 12.2. The van der Waals surface area contributed by atoms with Crippen molar-refractivity contribution in [2.75, 3.05) is 5.32 Å². The number of hydrogen-bond donors (Lipinski definition) is 2. The molecule has 4 aromatic rings. The van der Waals surface area contributed by atoms with E-state index in [1.807, 2.05) is 72.8 Å². The van der Waals surface area contributed by atoms with Crippen molar-refractivity contribution in [3.8, 4) is 10.6 Å². The van der Waals surface area contributed by atoms with Crippen LogP contribution in [0.15, 0.2) is 84.9 Å². The summed E-state index contributed by atoms with van der Waals surface area (Å²) in [6.45, 7) is 0. The maximum atomic E-state index is 12.2. The van der Waals surface area contributed by atoms with E-state index in [0.29, 0.717) is 0 Å². The van der Waals surface area contributed by atoms with Crippen LogP contribution in [0.5, 0.6) is 0 Å². The Kier molecular flexibility index (Phi) is 5.74. The van der Waals surface area contributed by atoms with Gasteiger partial charge in [0.25, 0.3) is 0 Å². The first-order valence-corrected chi connectivity index (χ1v) is 10.2. The second-order valence-electron chi connectivity index (χ2n) is 6.22. The first-order valence-electron chi connectivity index (χ1n) is 8.99. The Morgan fingerprint density at radius 1 is 0.931 bits per heavy atom. The molecule has 0 radical (unpaired) electrons. The lowest BCUT2D eigenvalue weighted by molar-refractivity contribution is -0.115. The average Bonchev–Trinajstić information content (AvgIpc) is 3.17. The number of aromatic nitrogens is 1. The molecule has 0 aliphatic heterocycles. The van der Waals surface area contributed by atoms with E-state index in [2.05, 4.69) is 16.7 Å². The Morgan fingerprint density at radius 3 is 2.48 bits per heavy atom. The van der Waals surface area contributed by atoms with Gasteiger partial charge in [0.2, 0.25) is 5.91 Å².